The third-order valence-corrected chi connectivity index (χ3v) is 4.16. The number of carbonyl (C=O) groups excluding carboxylic acids is 1. The second-order valence-corrected chi connectivity index (χ2v) is 6.04. The number of amides is 1. The Morgan fingerprint density at radius 1 is 1.35 bits per heavy atom. The van der Waals surface area contributed by atoms with E-state index >= 15 is 0 Å². The van der Waals surface area contributed by atoms with Gasteiger partial charge >= 0.3 is 0 Å². The molecule has 20 heavy (non-hydrogen) atoms. The van der Waals surface area contributed by atoms with Crippen LogP contribution in [0, 0.1) is 0 Å². The Hall–Kier alpha value is -1.39. The highest BCUT2D eigenvalue weighted by Gasteiger charge is 2.36. The lowest BCUT2D eigenvalue weighted by Gasteiger charge is -2.24. The monoisotopic (exact) mass is 350 g/mol. The summed E-state index contributed by atoms with van der Waals surface area (Å²) in [6.45, 7) is 2.06. The van der Waals surface area contributed by atoms with Crippen LogP contribution in [0.3, 0.4) is 0 Å². The first-order valence-corrected chi connectivity index (χ1v) is 7.52. The maximum absolute atomic E-state index is 12.6. The summed E-state index contributed by atoms with van der Waals surface area (Å²) in [6.07, 6.45) is 4.24. The average Bonchev–Trinajstić information content (AvgIpc) is 2.70. The average molecular weight is 352 g/mol. The first kappa shape index (κ1) is 13.6. The van der Waals surface area contributed by atoms with Crippen LogP contribution in [0.15, 0.2) is 41.1 Å². The SMILES string of the molecule is CC[C@@H]1c2cc(Cl)ccc2C(=O)N1c1cncc(Br)c1. The van der Waals surface area contributed by atoms with Gasteiger partial charge in [-0.2, -0.15) is 0 Å². The van der Waals surface area contributed by atoms with E-state index in [1.807, 2.05) is 12.1 Å². The first-order valence-electron chi connectivity index (χ1n) is 6.35. The standard InChI is InChI=1S/C15H12BrClN2O/c1-2-14-13-6-10(17)3-4-12(13)15(20)19(14)11-5-9(16)7-18-8-11/h3-8,14H,2H2,1H3/t14-/m1/s1. The van der Waals surface area contributed by atoms with E-state index in [4.69, 9.17) is 11.6 Å². The van der Waals surface area contributed by atoms with Gasteiger partial charge in [-0.05, 0) is 52.2 Å². The fourth-order valence-electron chi connectivity index (χ4n) is 2.65. The maximum Gasteiger partial charge on any atom is 0.259 e. The Kier molecular flexibility index (Phi) is 3.52. The molecule has 2 heterocycles. The maximum atomic E-state index is 12.6. The lowest BCUT2D eigenvalue weighted by Crippen LogP contribution is -2.27. The van der Waals surface area contributed by atoms with E-state index < -0.39 is 0 Å². The fourth-order valence-corrected chi connectivity index (χ4v) is 3.18. The Balaban J connectivity index is 2.12. The van der Waals surface area contributed by atoms with E-state index in [9.17, 15) is 4.79 Å². The molecule has 0 aliphatic carbocycles. The predicted octanol–water partition coefficient (Wildman–Crippen LogP) is 4.61. The largest absolute Gasteiger partial charge is 0.299 e. The molecule has 102 valence electrons. The lowest BCUT2D eigenvalue weighted by molar-refractivity contribution is 0.0990. The fraction of sp³-hybridized carbons (Fsp3) is 0.200. The number of fused-ring (bicyclic) bond motifs is 1. The molecule has 3 rings (SSSR count). The molecule has 0 unspecified atom stereocenters. The molecular weight excluding hydrogens is 340 g/mol. The molecule has 2 aromatic rings. The number of carbonyl (C=O) groups is 1. The molecule has 0 saturated carbocycles. The van der Waals surface area contributed by atoms with Gasteiger partial charge in [-0.25, -0.2) is 0 Å². The third kappa shape index (κ3) is 2.13. The highest BCUT2D eigenvalue weighted by molar-refractivity contribution is 9.10. The zero-order valence-electron chi connectivity index (χ0n) is 10.8. The Morgan fingerprint density at radius 3 is 2.85 bits per heavy atom. The van der Waals surface area contributed by atoms with Crippen LogP contribution in [-0.4, -0.2) is 10.9 Å². The van der Waals surface area contributed by atoms with Crippen LogP contribution in [0.4, 0.5) is 5.69 Å². The molecule has 1 aliphatic heterocycles. The summed E-state index contributed by atoms with van der Waals surface area (Å²) < 4.78 is 0.853. The van der Waals surface area contributed by atoms with Crippen LogP contribution in [-0.2, 0) is 0 Å². The highest BCUT2D eigenvalue weighted by Crippen LogP contribution is 2.40. The minimum absolute atomic E-state index is 0.00316. The van der Waals surface area contributed by atoms with Gasteiger partial charge in [-0.3, -0.25) is 14.7 Å². The van der Waals surface area contributed by atoms with E-state index in [1.165, 1.54) is 0 Å². The first-order chi connectivity index (χ1) is 9.61. The van der Waals surface area contributed by atoms with E-state index in [0.717, 1.165) is 27.7 Å². The van der Waals surface area contributed by atoms with Crippen LogP contribution in [0.25, 0.3) is 0 Å². The summed E-state index contributed by atoms with van der Waals surface area (Å²) in [5.41, 5.74) is 2.51. The number of hydrogen-bond acceptors (Lipinski definition) is 2. The van der Waals surface area contributed by atoms with E-state index in [2.05, 4.69) is 27.8 Å². The van der Waals surface area contributed by atoms with Crippen molar-refractivity contribution in [3.63, 3.8) is 0 Å². The summed E-state index contributed by atoms with van der Waals surface area (Å²) in [6, 6.07) is 7.35. The number of aromatic nitrogens is 1. The van der Waals surface area contributed by atoms with E-state index in [-0.39, 0.29) is 11.9 Å². The second-order valence-electron chi connectivity index (χ2n) is 4.69. The number of pyridine rings is 1. The molecule has 1 aromatic heterocycles. The molecule has 0 fully saturated rings. The number of hydrogen-bond donors (Lipinski definition) is 0. The summed E-state index contributed by atoms with van der Waals surface area (Å²) in [4.78, 5) is 18.6. The van der Waals surface area contributed by atoms with Gasteiger partial charge in [0, 0.05) is 21.3 Å². The van der Waals surface area contributed by atoms with Gasteiger partial charge in [0.05, 0.1) is 17.9 Å². The minimum Gasteiger partial charge on any atom is -0.299 e. The van der Waals surface area contributed by atoms with Crippen molar-refractivity contribution in [1.29, 1.82) is 0 Å². The van der Waals surface area contributed by atoms with Gasteiger partial charge in [0.1, 0.15) is 0 Å². The molecule has 3 nitrogen and oxygen atoms in total. The van der Waals surface area contributed by atoms with Crippen LogP contribution in [0.1, 0.15) is 35.3 Å². The Morgan fingerprint density at radius 2 is 2.15 bits per heavy atom. The van der Waals surface area contributed by atoms with E-state index in [0.29, 0.717) is 5.02 Å². The van der Waals surface area contributed by atoms with Gasteiger partial charge in [0.2, 0.25) is 0 Å². The molecule has 1 aliphatic rings. The molecule has 0 saturated heterocycles. The normalized spacial score (nSPS) is 17.4. The van der Waals surface area contributed by atoms with Crippen LogP contribution in [0.5, 0.6) is 0 Å². The van der Waals surface area contributed by atoms with Gasteiger partial charge in [0.15, 0.2) is 0 Å². The summed E-state index contributed by atoms with van der Waals surface area (Å²) >= 11 is 9.46. The molecule has 0 radical (unpaired) electrons. The number of rotatable bonds is 2. The van der Waals surface area contributed by atoms with Gasteiger partial charge in [-0.1, -0.05) is 18.5 Å². The molecule has 0 bridgehead atoms. The minimum atomic E-state index is 0.00316. The van der Waals surface area contributed by atoms with Crippen LogP contribution < -0.4 is 4.90 Å². The van der Waals surface area contributed by atoms with Crippen molar-refractivity contribution in [3.05, 3.63) is 57.3 Å². The van der Waals surface area contributed by atoms with Gasteiger partial charge in [-0.15, -0.1) is 0 Å². The smallest absolute Gasteiger partial charge is 0.259 e. The second kappa shape index (κ2) is 5.19. The number of anilines is 1. The molecule has 5 heteroatoms. The Bertz CT molecular complexity index is 689. The predicted molar refractivity (Wildman–Crippen MR) is 83.2 cm³/mol. The zero-order valence-corrected chi connectivity index (χ0v) is 13.1. The van der Waals surface area contributed by atoms with Crippen molar-refractivity contribution in [2.45, 2.75) is 19.4 Å². The van der Waals surface area contributed by atoms with Crippen molar-refractivity contribution in [1.82, 2.24) is 4.98 Å². The van der Waals surface area contributed by atoms with Crippen molar-refractivity contribution in [2.75, 3.05) is 4.90 Å². The number of benzene rings is 1. The van der Waals surface area contributed by atoms with Crippen molar-refractivity contribution < 1.29 is 4.79 Å². The summed E-state index contributed by atoms with van der Waals surface area (Å²) in [5.74, 6) is 0.00316. The molecule has 1 amide bonds. The Labute approximate surface area is 130 Å². The van der Waals surface area contributed by atoms with Crippen molar-refractivity contribution in [2.24, 2.45) is 0 Å². The molecule has 0 spiro atoms. The number of halogens is 2. The van der Waals surface area contributed by atoms with Crippen molar-refractivity contribution in [3.8, 4) is 0 Å². The van der Waals surface area contributed by atoms with Crippen molar-refractivity contribution >= 4 is 39.1 Å². The van der Waals surface area contributed by atoms with Gasteiger partial charge < -0.3 is 0 Å². The molecule has 0 N–H and O–H groups in total. The molecule has 1 aromatic carbocycles. The summed E-state index contributed by atoms with van der Waals surface area (Å²) in [7, 11) is 0. The third-order valence-electron chi connectivity index (χ3n) is 3.49. The molecular formula is C15H12BrClN2O. The number of nitrogens with zero attached hydrogens (tertiary/aromatic N) is 2. The topological polar surface area (TPSA) is 33.2 Å². The van der Waals surface area contributed by atoms with E-state index in [1.54, 1.807) is 29.4 Å². The lowest BCUT2D eigenvalue weighted by atomic mass is 10.0. The quantitative estimate of drug-likeness (QED) is 0.791. The molecule has 1 atom stereocenters. The van der Waals surface area contributed by atoms with Crippen LogP contribution in [0.2, 0.25) is 5.02 Å². The summed E-state index contributed by atoms with van der Waals surface area (Å²) in [5, 5.41) is 0.657. The highest BCUT2D eigenvalue weighted by atomic mass is 79.9. The van der Waals surface area contributed by atoms with Crippen LogP contribution >= 0.6 is 27.5 Å². The zero-order chi connectivity index (χ0) is 14.3. The van der Waals surface area contributed by atoms with Gasteiger partial charge in [0.25, 0.3) is 5.91 Å².